The Labute approximate surface area is 352 Å². The molecule has 0 unspecified atom stereocenters. The fraction of sp³-hybridized carbons (Fsp3) is 0.160. The number of ether oxygens (including phenoxy) is 3. The van der Waals surface area contributed by atoms with Crippen molar-refractivity contribution in [1.29, 1.82) is 0 Å². The molecule has 3 nitrogen and oxygen atoms in total. The van der Waals surface area contributed by atoms with Crippen LogP contribution in [-0.4, -0.2) is 13.4 Å². The highest BCUT2D eigenvalue weighted by Gasteiger charge is 2.43. The zero-order valence-corrected chi connectivity index (χ0v) is 34.3. The van der Waals surface area contributed by atoms with Gasteiger partial charge in [-0.15, -0.1) is 0 Å². The Balaban J connectivity index is 0.926. The lowest BCUT2D eigenvalue weighted by molar-refractivity contribution is 0.460. The first-order chi connectivity index (χ1) is 28.7. The fourth-order valence-corrected chi connectivity index (χ4v) is 14.0. The van der Waals surface area contributed by atoms with E-state index in [1.54, 1.807) is 0 Å². The lowest BCUT2D eigenvalue weighted by Crippen LogP contribution is -2.62. The van der Waals surface area contributed by atoms with E-state index in [4.69, 9.17) is 14.2 Å². The van der Waals surface area contributed by atoms with Gasteiger partial charge in [0.25, 0.3) is 6.71 Å². The van der Waals surface area contributed by atoms with Crippen molar-refractivity contribution in [3.8, 4) is 34.5 Å². The minimum absolute atomic E-state index is 0.0563. The van der Waals surface area contributed by atoms with E-state index in [0.29, 0.717) is 0 Å². The average Bonchev–Trinajstić information content (AvgIpc) is 3.25. The van der Waals surface area contributed by atoms with Crippen LogP contribution >= 0.6 is 35.3 Å². The van der Waals surface area contributed by atoms with Gasteiger partial charge in [0.1, 0.15) is 34.5 Å². The normalized spacial score (nSPS) is 15.9. The highest BCUT2D eigenvalue weighted by Crippen LogP contribution is 2.45. The van der Waals surface area contributed by atoms with Crippen molar-refractivity contribution in [2.75, 3.05) is 0 Å². The highest BCUT2D eigenvalue weighted by molar-refractivity contribution is 8.01. The summed E-state index contributed by atoms with van der Waals surface area (Å²) < 4.78 is 20.1. The van der Waals surface area contributed by atoms with E-state index < -0.39 is 0 Å². The van der Waals surface area contributed by atoms with E-state index in [1.807, 2.05) is 35.3 Å². The van der Waals surface area contributed by atoms with Gasteiger partial charge in [-0.25, -0.2) is 0 Å². The summed E-state index contributed by atoms with van der Waals surface area (Å²) in [7, 11) is 0. The quantitative estimate of drug-likeness (QED) is 0.165. The molecule has 4 aliphatic heterocycles. The molecule has 8 heteroatoms. The molecule has 6 aliphatic rings. The third-order valence-electron chi connectivity index (χ3n) is 12.9. The number of para-hydroxylation sites is 1. The van der Waals surface area contributed by atoms with Crippen LogP contribution in [0.25, 0.3) is 0 Å². The Hall–Kier alpha value is -4.88. The van der Waals surface area contributed by atoms with Crippen molar-refractivity contribution in [3.05, 3.63) is 144 Å². The van der Waals surface area contributed by atoms with Crippen LogP contribution in [0.3, 0.4) is 0 Å². The van der Waals surface area contributed by atoms with Crippen LogP contribution in [0.1, 0.15) is 47.9 Å². The summed E-state index contributed by atoms with van der Waals surface area (Å²) in [6.45, 7) is 0.191. The SMILES string of the molecule is c1ccc2c(c1)Oc1cc(Oc3ccc4c(c3)CCCC4)cc3c1B2c1cc2c(cc1S3)Sc1cc(Oc3ccc4c(c3)CCCC4)cc3c1B2c1ccccc1S3. The molecule has 0 atom stereocenters. The van der Waals surface area contributed by atoms with Crippen LogP contribution in [0, 0.1) is 0 Å². The molecule has 0 bridgehead atoms. The maximum atomic E-state index is 6.75. The van der Waals surface area contributed by atoms with Crippen LogP contribution in [-0.2, 0) is 25.7 Å². The molecule has 0 radical (unpaired) electrons. The standard InChI is InChI=1S/C50H36B2O3S3/c1-3-11-31-21-33(19-17-29(31)9-1)53-35-23-42-49-46(24-35)57-44-28-45-40(27-39(44)51(49)37-13-5-7-15-41(37)55-42)52-38-14-6-8-16-43(38)56-47-25-36(26-48(58-45)50(47)52)54-34-20-18-30-10-2-4-12-32(30)22-34/h5-8,13-28H,1-4,9-12H2. The number of benzene rings is 7. The van der Waals surface area contributed by atoms with Crippen molar-refractivity contribution in [2.24, 2.45) is 0 Å². The van der Waals surface area contributed by atoms with Gasteiger partial charge in [-0.2, -0.15) is 0 Å². The number of aryl methyl sites for hydroxylation is 4. The molecule has 13 rings (SSSR count). The second-order valence-corrected chi connectivity index (χ2v) is 19.7. The molecule has 278 valence electrons. The van der Waals surface area contributed by atoms with Gasteiger partial charge in [-0.1, -0.05) is 106 Å². The zero-order valence-electron chi connectivity index (χ0n) is 31.8. The Morgan fingerprint density at radius 2 is 0.914 bits per heavy atom. The lowest BCUT2D eigenvalue weighted by Gasteiger charge is -2.37. The molecule has 0 N–H and O–H groups in total. The molecule has 58 heavy (non-hydrogen) atoms. The lowest BCUT2D eigenvalue weighted by atomic mass is 9.33. The zero-order chi connectivity index (χ0) is 37.9. The molecule has 2 aliphatic carbocycles. The fourth-order valence-electron chi connectivity index (χ4n) is 10.3. The summed E-state index contributed by atoms with van der Waals surface area (Å²) >= 11 is 5.63. The molecule has 0 saturated heterocycles. The second-order valence-electron chi connectivity index (χ2n) is 16.4. The van der Waals surface area contributed by atoms with E-state index >= 15 is 0 Å². The smallest absolute Gasteiger partial charge is 0.253 e. The van der Waals surface area contributed by atoms with Gasteiger partial charge in [0.2, 0.25) is 6.71 Å². The number of hydrogen-bond donors (Lipinski definition) is 0. The van der Waals surface area contributed by atoms with Gasteiger partial charge in [-0.3, -0.25) is 0 Å². The van der Waals surface area contributed by atoms with Crippen LogP contribution in [0.5, 0.6) is 34.5 Å². The van der Waals surface area contributed by atoms with E-state index in [-0.39, 0.29) is 13.4 Å². The predicted molar refractivity (Wildman–Crippen MR) is 240 cm³/mol. The summed E-state index contributed by atoms with van der Waals surface area (Å²) in [5.41, 5.74) is 13.8. The van der Waals surface area contributed by atoms with Crippen molar-refractivity contribution < 1.29 is 14.2 Å². The summed E-state index contributed by atoms with van der Waals surface area (Å²) in [5, 5.41) is 0. The molecule has 4 heterocycles. The van der Waals surface area contributed by atoms with E-state index in [1.165, 1.54) is 117 Å². The van der Waals surface area contributed by atoms with E-state index in [0.717, 1.165) is 53.8 Å². The average molecular weight is 803 g/mol. The van der Waals surface area contributed by atoms with Gasteiger partial charge in [-0.05, 0) is 151 Å². The monoisotopic (exact) mass is 802 g/mol. The van der Waals surface area contributed by atoms with E-state index in [2.05, 4.69) is 121 Å². The molecule has 7 aromatic rings. The topological polar surface area (TPSA) is 27.7 Å². The predicted octanol–water partition coefficient (Wildman–Crippen LogP) is 9.56. The van der Waals surface area contributed by atoms with Crippen molar-refractivity contribution in [3.63, 3.8) is 0 Å². The molecule has 7 aromatic carbocycles. The van der Waals surface area contributed by atoms with Crippen LogP contribution < -0.4 is 47.0 Å². The third kappa shape index (κ3) is 5.48. The number of rotatable bonds is 4. The summed E-state index contributed by atoms with van der Waals surface area (Å²) in [6, 6.07) is 44.9. The third-order valence-corrected chi connectivity index (χ3v) is 16.4. The van der Waals surface area contributed by atoms with Crippen LogP contribution in [0.15, 0.2) is 151 Å². The van der Waals surface area contributed by atoms with Crippen LogP contribution in [0.4, 0.5) is 0 Å². The number of hydrogen-bond acceptors (Lipinski definition) is 6. The Bertz CT molecular complexity index is 2720. The van der Waals surface area contributed by atoms with Gasteiger partial charge in [0.05, 0.1) is 0 Å². The largest absolute Gasteiger partial charge is 0.458 e. The first-order valence-corrected chi connectivity index (χ1v) is 23.1. The summed E-state index contributed by atoms with van der Waals surface area (Å²) in [5.74, 6) is 5.35. The maximum Gasteiger partial charge on any atom is 0.253 e. The Morgan fingerprint density at radius 3 is 1.59 bits per heavy atom. The van der Waals surface area contributed by atoms with Crippen molar-refractivity contribution in [1.82, 2.24) is 0 Å². The van der Waals surface area contributed by atoms with Gasteiger partial charge in [0, 0.05) is 35.4 Å². The minimum atomic E-state index is 0.0563. The molecular formula is C50H36B2O3S3. The molecule has 0 fully saturated rings. The minimum Gasteiger partial charge on any atom is -0.458 e. The first kappa shape index (κ1) is 34.0. The van der Waals surface area contributed by atoms with E-state index in [9.17, 15) is 0 Å². The molecule has 0 amide bonds. The highest BCUT2D eigenvalue weighted by atomic mass is 32.2. The number of fused-ring (bicyclic) bond motifs is 10. The first-order valence-electron chi connectivity index (χ1n) is 20.7. The molecule has 0 aromatic heterocycles. The second kappa shape index (κ2) is 13.3. The summed E-state index contributed by atoms with van der Waals surface area (Å²) in [6.07, 6.45) is 9.65. The van der Waals surface area contributed by atoms with Crippen LogP contribution in [0.2, 0.25) is 0 Å². The molecule has 0 saturated carbocycles. The van der Waals surface area contributed by atoms with Gasteiger partial charge < -0.3 is 14.2 Å². The Morgan fingerprint density at radius 1 is 0.379 bits per heavy atom. The maximum absolute atomic E-state index is 6.75. The van der Waals surface area contributed by atoms with Gasteiger partial charge >= 0.3 is 0 Å². The van der Waals surface area contributed by atoms with Crippen molar-refractivity contribution in [2.45, 2.75) is 80.7 Å². The van der Waals surface area contributed by atoms with Gasteiger partial charge in [0.15, 0.2) is 0 Å². The summed E-state index contributed by atoms with van der Waals surface area (Å²) in [4.78, 5) is 7.69. The molecule has 0 spiro atoms. The molecular weight excluding hydrogens is 766 g/mol. The Kier molecular flexibility index (Phi) is 7.81. The van der Waals surface area contributed by atoms with Crippen molar-refractivity contribution >= 4 is 81.5 Å².